The number of benzene rings is 1. The topological polar surface area (TPSA) is 70.1 Å². The number of aromatic nitrogens is 2. The number of aryl methyl sites for hydroxylation is 1. The van der Waals surface area contributed by atoms with E-state index in [1.165, 1.54) is 4.57 Å². The third-order valence-corrected chi connectivity index (χ3v) is 3.00. The molecule has 0 fully saturated rings. The van der Waals surface area contributed by atoms with Crippen molar-refractivity contribution in [2.45, 2.75) is 26.4 Å². The third-order valence-electron chi connectivity index (χ3n) is 3.00. The monoisotopic (exact) mass is 273 g/mol. The van der Waals surface area contributed by atoms with Crippen LogP contribution in [0.2, 0.25) is 0 Å². The Bertz CT molecular complexity index is 620. The van der Waals surface area contributed by atoms with Gasteiger partial charge in [-0.15, -0.1) is 0 Å². The average molecular weight is 273 g/mol. The minimum Gasteiger partial charge on any atom is -0.494 e. The van der Waals surface area contributed by atoms with Gasteiger partial charge in [0.1, 0.15) is 5.75 Å². The van der Waals surface area contributed by atoms with Crippen LogP contribution >= 0.6 is 0 Å². The largest absolute Gasteiger partial charge is 0.494 e. The Morgan fingerprint density at radius 2 is 2.05 bits per heavy atom. The number of nitrogens with two attached hydrogens (primary N) is 1. The molecule has 5 heteroatoms. The molecule has 0 bridgehead atoms. The standard InChI is InChI=1S/C15H19N3O2/c1-3-20-13-6-4-12(5-7-13)14(16)10-18-9-11(2)8-17-15(18)19/h4-9,14H,3,10,16H2,1-2H3. The first kappa shape index (κ1) is 14.3. The Balaban J connectivity index is 2.13. The predicted molar refractivity (Wildman–Crippen MR) is 77.8 cm³/mol. The molecule has 0 spiro atoms. The summed E-state index contributed by atoms with van der Waals surface area (Å²) in [5.74, 6) is 0.817. The maximum Gasteiger partial charge on any atom is 0.347 e. The summed E-state index contributed by atoms with van der Waals surface area (Å²) in [7, 11) is 0. The fraction of sp³-hybridized carbons (Fsp3) is 0.333. The molecule has 1 aromatic heterocycles. The van der Waals surface area contributed by atoms with E-state index in [-0.39, 0.29) is 11.7 Å². The maximum atomic E-state index is 11.7. The summed E-state index contributed by atoms with van der Waals surface area (Å²) in [5.41, 5.74) is 7.75. The van der Waals surface area contributed by atoms with Gasteiger partial charge in [-0.1, -0.05) is 12.1 Å². The molecule has 2 aromatic rings. The molecule has 0 saturated carbocycles. The molecule has 0 saturated heterocycles. The molecule has 0 radical (unpaired) electrons. The second-order valence-corrected chi connectivity index (χ2v) is 4.67. The highest BCUT2D eigenvalue weighted by Crippen LogP contribution is 2.17. The molecule has 1 heterocycles. The van der Waals surface area contributed by atoms with Crippen molar-refractivity contribution in [1.82, 2.24) is 9.55 Å². The predicted octanol–water partition coefficient (Wildman–Crippen LogP) is 1.65. The Labute approximate surface area is 118 Å². The Morgan fingerprint density at radius 1 is 1.35 bits per heavy atom. The van der Waals surface area contributed by atoms with Gasteiger partial charge in [0.2, 0.25) is 0 Å². The summed E-state index contributed by atoms with van der Waals surface area (Å²) < 4.78 is 6.93. The Kier molecular flexibility index (Phi) is 4.53. The molecule has 5 nitrogen and oxygen atoms in total. The molecular weight excluding hydrogens is 254 g/mol. The van der Waals surface area contributed by atoms with E-state index < -0.39 is 0 Å². The first-order chi connectivity index (χ1) is 9.60. The van der Waals surface area contributed by atoms with Crippen molar-refractivity contribution in [2.75, 3.05) is 6.61 Å². The van der Waals surface area contributed by atoms with Crippen molar-refractivity contribution < 1.29 is 4.74 Å². The number of nitrogens with zero attached hydrogens (tertiary/aromatic N) is 2. The summed E-state index contributed by atoms with van der Waals surface area (Å²) >= 11 is 0. The molecular formula is C15H19N3O2. The van der Waals surface area contributed by atoms with E-state index in [1.807, 2.05) is 38.1 Å². The van der Waals surface area contributed by atoms with Crippen molar-refractivity contribution in [3.05, 3.63) is 58.3 Å². The minimum absolute atomic E-state index is 0.257. The van der Waals surface area contributed by atoms with Crippen LogP contribution in [0, 0.1) is 6.92 Å². The molecule has 1 aromatic carbocycles. The second-order valence-electron chi connectivity index (χ2n) is 4.67. The quantitative estimate of drug-likeness (QED) is 0.899. The Hall–Kier alpha value is -2.14. The average Bonchev–Trinajstić information content (AvgIpc) is 2.44. The number of hydrogen-bond acceptors (Lipinski definition) is 4. The normalized spacial score (nSPS) is 12.2. The van der Waals surface area contributed by atoms with Gasteiger partial charge in [-0.05, 0) is 37.1 Å². The first-order valence-electron chi connectivity index (χ1n) is 6.61. The summed E-state index contributed by atoms with van der Waals surface area (Å²) in [6.45, 7) is 4.87. The van der Waals surface area contributed by atoms with Crippen LogP contribution < -0.4 is 16.2 Å². The lowest BCUT2D eigenvalue weighted by Gasteiger charge is -2.14. The number of hydrogen-bond donors (Lipinski definition) is 1. The van der Waals surface area contributed by atoms with Crippen molar-refractivity contribution >= 4 is 0 Å². The highest BCUT2D eigenvalue weighted by atomic mass is 16.5. The molecule has 1 atom stereocenters. The van der Waals surface area contributed by atoms with Crippen LogP contribution in [0.4, 0.5) is 0 Å². The van der Waals surface area contributed by atoms with Crippen molar-refractivity contribution in [2.24, 2.45) is 5.73 Å². The van der Waals surface area contributed by atoms with Gasteiger partial charge in [-0.3, -0.25) is 4.57 Å². The molecule has 0 aliphatic carbocycles. The molecule has 2 rings (SSSR count). The van der Waals surface area contributed by atoms with E-state index in [2.05, 4.69) is 4.98 Å². The van der Waals surface area contributed by atoms with Gasteiger partial charge >= 0.3 is 5.69 Å². The minimum atomic E-state index is -0.281. The van der Waals surface area contributed by atoms with Gasteiger partial charge in [-0.25, -0.2) is 9.78 Å². The van der Waals surface area contributed by atoms with Crippen molar-refractivity contribution in [3.8, 4) is 5.75 Å². The lowest BCUT2D eigenvalue weighted by molar-refractivity contribution is 0.340. The van der Waals surface area contributed by atoms with Crippen LogP contribution in [0.3, 0.4) is 0 Å². The van der Waals surface area contributed by atoms with Crippen molar-refractivity contribution in [3.63, 3.8) is 0 Å². The van der Waals surface area contributed by atoms with E-state index in [9.17, 15) is 4.79 Å². The fourth-order valence-electron chi connectivity index (χ4n) is 1.99. The molecule has 0 amide bonds. The van der Waals surface area contributed by atoms with Crippen LogP contribution in [0.15, 0.2) is 41.5 Å². The van der Waals surface area contributed by atoms with E-state index in [0.717, 1.165) is 16.9 Å². The fourth-order valence-corrected chi connectivity index (χ4v) is 1.99. The smallest absolute Gasteiger partial charge is 0.347 e. The zero-order valence-electron chi connectivity index (χ0n) is 11.7. The van der Waals surface area contributed by atoms with Crippen LogP contribution in [0.1, 0.15) is 24.1 Å². The Morgan fingerprint density at radius 3 is 2.70 bits per heavy atom. The van der Waals surface area contributed by atoms with Crippen LogP contribution in [0.5, 0.6) is 5.75 Å². The highest BCUT2D eigenvalue weighted by Gasteiger charge is 2.08. The first-order valence-corrected chi connectivity index (χ1v) is 6.61. The lowest BCUT2D eigenvalue weighted by Crippen LogP contribution is -2.28. The van der Waals surface area contributed by atoms with E-state index in [4.69, 9.17) is 10.5 Å². The van der Waals surface area contributed by atoms with Gasteiger partial charge in [0.15, 0.2) is 0 Å². The third kappa shape index (κ3) is 3.45. The molecule has 20 heavy (non-hydrogen) atoms. The van der Waals surface area contributed by atoms with Gasteiger partial charge in [0, 0.05) is 25.0 Å². The molecule has 2 N–H and O–H groups in total. The van der Waals surface area contributed by atoms with Crippen LogP contribution in [0.25, 0.3) is 0 Å². The summed E-state index contributed by atoms with van der Waals surface area (Å²) in [6, 6.07) is 7.35. The molecule has 1 unspecified atom stereocenters. The zero-order valence-corrected chi connectivity index (χ0v) is 11.7. The SMILES string of the molecule is CCOc1ccc(C(N)Cn2cc(C)cnc2=O)cc1. The lowest BCUT2D eigenvalue weighted by atomic mass is 10.1. The molecule has 0 aliphatic heterocycles. The van der Waals surface area contributed by atoms with E-state index >= 15 is 0 Å². The zero-order chi connectivity index (χ0) is 14.5. The van der Waals surface area contributed by atoms with E-state index in [0.29, 0.717) is 13.2 Å². The molecule has 106 valence electrons. The number of rotatable bonds is 5. The van der Waals surface area contributed by atoms with Gasteiger partial charge in [0.05, 0.1) is 6.61 Å². The molecule has 0 aliphatic rings. The second kappa shape index (κ2) is 6.34. The highest BCUT2D eigenvalue weighted by molar-refractivity contribution is 5.29. The maximum absolute atomic E-state index is 11.7. The summed E-state index contributed by atoms with van der Waals surface area (Å²) in [5, 5.41) is 0. The summed E-state index contributed by atoms with van der Waals surface area (Å²) in [4.78, 5) is 15.4. The van der Waals surface area contributed by atoms with Gasteiger partial charge < -0.3 is 10.5 Å². The van der Waals surface area contributed by atoms with Gasteiger partial charge in [0.25, 0.3) is 0 Å². The van der Waals surface area contributed by atoms with Gasteiger partial charge in [-0.2, -0.15) is 0 Å². The van der Waals surface area contributed by atoms with Crippen LogP contribution in [-0.2, 0) is 6.54 Å². The van der Waals surface area contributed by atoms with Crippen molar-refractivity contribution in [1.29, 1.82) is 0 Å². The number of ether oxygens (including phenoxy) is 1. The summed E-state index contributed by atoms with van der Waals surface area (Å²) in [6.07, 6.45) is 3.32. The van der Waals surface area contributed by atoms with Crippen LogP contribution in [-0.4, -0.2) is 16.2 Å². The van der Waals surface area contributed by atoms with E-state index in [1.54, 1.807) is 12.4 Å².